The van der Waals surface area contributed by atoms with Crippen LogP contribution >= 0.6 is 22.7 Å². The van der Waals surface area contributed by atoms with Gasteiger partial charge in [0, 0.05) is 17.3 Å². The van der Waals surface area contributed by atoms with Gasteiger partial charge in [-0.15, -0.1) is 22.7 Å². The van der Waals surface area contributed by atoms with E-state index >= 15 is 0 Å². The largest absolute Gasteiger partial charge is 0.457 e. The summed E-state index contributed by atoms with van der Waals surface area (Å²) in [6.45, 7) is 1.97. The van der Waals surface area contributed by atoms with Crippen molar-refractivity contribution >= 4 is 48.9 Å². The van der Waals surface area contributed by atoms with Crippen LogP contribution in [0.3, 0.4) is 0 Å². The molecule has 1 aromatic carbocycles. The molecule has 0 aliphatic carbocycles. The fourth-order valence-electron chi connectivity index (χ4n) is 2.76. The second kappa shape index (κ2) is 6.09. The van der Waals surface area contributed by atoms with E-state index in [9.17, 15) is 9.59 Å². The number of benzene rings is 1. The van der Waals surface area contributed by atoms with Crippen LogP contribution in [-0.4, -0.2) is 15.5 Å². The van der Waals surface area contributed by atoms with Gasteiger partial charge in [-0.1, -0.05) is 18.2 Å². The van der Waals surface area contributed by atoms with Crippen molar-refractivity contribution in [3.05, 3.63) is 62.3 Å². The lowest BCUT2D eigenvalue weighted by atomic mass is 10.2. The fraction of sp³-hybridized carbons (Fsp3) is 0.167. The summed E-state index contributed by atoms with van der Waals surface area (Å²) in [6, 6.07) is 8.02. The smallest absolute Gasteiger partial charge is 0.349 e. The van der Waals surface area contributed by atoms with Gasteiger partial charge in [0.25, 0.3) is 5.56 Å². The number of aromatic nitrogens is 2. The van der Waals surface area contributed by atoms with Crippen LogP contribution in [0, 0.1) is 6.92 Å². The van der Waals surface area contributed by atoms with Crippen LogP contribution < -0.4 is 5.56 Å². The van der Waals surface area contributed by atoms with Gasteiger partial charge in [-0.05, 0) is 29.3 Å². The predicted octanol–water partition coefficient (Wildman–Crippen LogP) is 3.88. The molecule has 0 spiro atoms. The number of hydrogen-bond acceptors (Lipinski definition) is 6. The lowest BCUT2D eigenvalue weighted by Crippen LogP contribution is -2.16. The number of aryl methyl sites for hydroxylation is 2. The van der Waals surface area contributed by atoms with E-state index in [-0.39, 0.29) is 12.2 Å². The van der Waals surface area contributed by atoms with Gasteiger partial charge in [-0.3, -0.25) is 4.79 Å². The van der Waals surface area contributed by atoms with Crippen molar-refractivity contribution in [1.82, 2.24) is 9.55 Å². The number of thiophene rings is 2. The molecule has 0 amide bonds. The molecule has 0 radical (unpaired) electrons. The van der Waals surface area contributed by atoms with E-state index in [1.807, 2.05) is 29.6 Å². The fourth-order valence-corrected chi connectivity index (χ4v) is 4.74. The molecule has 0 atom stereocenters. The van der Waals surface area contributed by atoms with Crippen molar-refractivity contribution in [2.45, 2.75) is 13.5 Å². The highest BCUT2D eigenvalue weighted by Gasteiger charge is 2.20. The first-order valence-electron chi connectivity index (χ1n) is 7.63. The number of rotatable bonds is 3. The van der Waals surface area contributed by atoms with Gasteiger partial charge >= 0.3 is 5.97 Å². The van der Waals surface area contributed by atoms with Gasteiger partial charge in [0.2, 0.25) is 0 Å². The third-order valence-corrected chi connectivity index (χ3v) is 6.31. The monoisotopic (exact) mass is 370 g/mol. The Morgan fingerprint density at radius 2 is 2.12 bits per heavy atom. The maximum Gasteiger partial charge on any atom is 0.349 e. The van der Waals surface area contributed by atoms with Gasteiger partial charge in [0.05, 0.1) is 11.7 Å². The Kier molecular flexibility index (Phi) is 3.89. The summed E-state index contributed by atoms with van der Waals surface area (Å²) in [5, 5.41) is 3.60. The first-order chi connectivity index (χ1) is 12.1. The average molecular weight is 370 g/mol. The van der Waals surface area contributed by atoms with Crippen molar-refractivity contribution in [1.29, 1.82) is 0 Å². The third-order valence-electron chi connectivity index (χ3n) is 4.12. The summed E-state index contributed by atoms with van der Waals surface area (Å²) in [7, 11) is 1.64. The number of ether oxygens (including phenoxy) is 1. The van der Waals surface area contributed by atoms with Crippen LogP contribution in [-0.2, 0) is 18.4 Å². The Bertz CT molecular complexity index is 1170. The number of esters is 1. The topological polar surface area (TPSA) is 61.2 Å². The van der Waals surface area contributed by atoms with Crippen molar-refractivity contribution < 1.29 is 9.53 Å². The molecule has 0 bridgehead atoms. The Morgan fingerprint density at radius 3 is 2.96 bits per heavy atom. The van der Waals surface area contributed by atoms with Crippen molar-refractivity contribution in [3.63, 3.8) is 0 Å². The molecule has 4 rings (SSSR count). The van der Waals surface area contributed by atoms with Crippen LogP contribution in [0.5, 0.6) is 0 Å². The summed E-state index contributed by atoms with van der Waals surface area (Å²) in [5.41, 5.74) is 1.47. The zero-order valence-corrected chi connectivity index (χ0v) is 15.2. The Hall–Kier alpha value is -2.51. The molecule has 5 nitrogen and oxygen atoms in total. The molecule has 3 heterocycles. The summed E-state index contributed by atoms with van der Waals surface area (Å²) < 4.78 is 8.08. The second-order valence-electron chi connectivity index (χ2n) is 5.73. The van der Waals surface area contributed by atoms with Crippen molar-refractivity contribution in [2.24, 2.45) is 7.05 Å². The highest BCUT2D eigenvalue weighted by Crippen LogP contribution is 2.29. The molecule has 0 unspecified atom stereocenters. The molecule has 0 saturated carbocycles. The lowest BCUT2D eigenvalue weighted by molar-refractivity contribution is 0.0480. The highest BCUT2D eigenvalue weighted by atomic mass is 32.1. The number of fused-ring (bicyclic) bond motifs is 2. The van der Waals surface area contributed by atoms with E-state index < -0.39 is 5.97 Å². The molecule has 4 aromatic rings. The molecule has 25 heavy (non-hydrogen) atoms. The molecular weight excluding hydrogens is 356 g/mol. The summed E-state index contributed by atoms with van der Waals surface area (Å²) in [4.78, 5) is 30.0. The number of carbonyl (C=O) groups is 1. The van der Waals surface area contributed by atoms with Crippen molar-refractivity contribution in [3.8, 4) is 0 Å². The van der Waals surface area contributed by atoms with Gasteiger partial charge in [0.15, 0.2) is 0 Å². The van der Waals surface area contributed by atoms with Crippen LogP contribution in [0.1, 0.15) is 20.8 Å². The van der Waals surface area contributed by atoms with Gasteiger partial charge in [0.1, 0.15) is 16.3 Å². The molecule has 7 heteroatoms. The van der Waals surface area contributed by atoms with Gasteiger partial charge < -0.3 is 9.30 Å². The van der Waals surface area contributed by atoms with E-state index in [1.165, 1.54) is 26.9 Å². The molecule has 0 N–H and O–H groups in total. The number of nitrogens with zero attached hydrogens (tertiary/aromatic N) is 2. The first kappa shape index (κ1) is 16.0. The normalized spacial score (nSPS) is 11.3. The molecule has 0 aliphatic rings. The van der Waals surface area contributed by atoms with Crippen molar-refractivity contribution in [2.75, 3.05) is 0 Å². The van der Waals surface area contributed by atoms with E-state index in [1.54, 1.807) is 25.3 Å². The SMILES string of the molecule is Cc1c(C(=O)OCc2csc3ccccc23)sc2ncn(C)c(=O)c12. The van der Waals surface area contributed by atoms with E-state index in [4.69, 9.17) is 4.74 Å². The number of carbonyl (C=O) groups excluding carboxylic acids is 1. The maximum absolute atomic E-state index is 12.5. The third kappa shape index (κ3) is 2.65. The van der Waals surface area contributed by atoms with Crippen LogP contribution in [0.15, 0.2) is 40.8 Å². The summed E-state index contributed by atoms with van der Waals surface area (Å²) >= 11 is 2.83. The Balaban J connectivity index is 1.63. The summed E-state index contributed by atoms with van der Waals surface area (Å²) in [5.74, 6) is -0.419. The molecule has 0 saturated heterocycles. The molecule has 3 aromatic heterocycles. The summed E-state index contributed by atoms with van der Waals surface area (Å²) in [6.07, 6.45) is 1.47. The van der Waals surface area contributed by atoms with E-state index in [0.717, 1.165) is 10.9 Å². The predicted molar refractivity (Wildman–Crippen MR) is 101 cm³/mol. The average Bonchev–Trinajstić information content (AvgIpc) is 3.18. The molecule has 126 valence electrons. The minimum atomic E-state index is -0.419. The van der Waals surface area contributed by atoms with E-state index in [0.29, 0.717) is 20.7 Å². The Morgan fingerprint density at radius 1 is 1.32 bits per heavy atom. The zero-order chi connectivity index (χ0) is 17.6. The van der Waals surface area contributed by atoms with Gasteiger partial charge in [-0.2, -0.15) is 0 Å². The second-order valence-corrected chi connectivity index (χ2v) is 7.64. The van der Waals surface area contributed by atoms with Crippen LogP contribution in [0.25, 0.3) is 20.3 Å². The maximum atomic E-state index is 12.5. The number of hydrogen-bond donors (Lipinski definition) is 0. The molecular formula is C18H14N2O3S2. The first-order valence-corrected chi connectivity index (χ1v) is 9.33. The highest BCUT2D eigenvalue weighted by molar-refractivity contribution is 7.20. The standard InChI is InChI=1S/C18H14N2O3S2/c1-10-14-16(19-9-20(2)17(14)21)25-15(10)18(22)23-7-11-8-24-13-6-4-3-5-12(11)13/h3-6,8-9H,7H2,1-2H3. The Labute approximate surface area is 151 Å². The minimum absolute atomic E-state index is 0.151. The molecule has 0 fully saturated rings. The molecule has 0 aliphatic heterocycles. The van der Waals surface area contributed by atoms with E-state index in [2.05, 4.69) is 4.98 Å². The lowest BCUT2D eigenvalue weighted by Gasteiger charge is -2.03. The zero-order valence-electron chi connectivity index (χ0n) is 13.6. The van der Waals surface area contributed by atoms with Gasteiger partial charge in [-0.25, -0.2) is 9.78 Å². The van der Waals surface area contributed by atoms with Crippen LogP contribution in [0.4, 0.5) is 0 Å². The van der Waals surface area contributed by atoms with Crippen LogP contribution in [0.2, 0.25) is 0 Å². The minimum Gasteiger partial charge on any atom is -0.457 e. The quantitative estimate of drug-likeness (QED) is 0.514.